The number of amides is 1. The van der Waals surface area contributed by atoms with Gasteiger partial charge in [0, 0.05) is 19.3 Å². The monoisotopic (exact) mass is 266 g/mol. The molecule has 0 unspecified atom stereocenters. The van der Waals surface area contributed by atoms with Gasteiger partial charge in [-0.15, -0.1) is 0 Å². The number of alkyl carbamates (subject to hydrolysis) is 1. The van der Waals surface area contributed by atoms with E-state index in [4.69, 9.17) is 4.74 Å². The average molecular weight is 266 g/mol. The van der Waals surface area contributed by atoms with Crippen molar-refractivity contribution in [3.05, 3.63) is 29.8 Å². The summed E-state index contributed by atoms with van der Waals surface area (Å²) in [5, 5.41) is 5.75. The van der Waals surface area contributed by atoms with Gasteiger partial charge in [-0.1, -0.05) is 26.0 Å². The Bertz CT molecular complexity index is 367. The number of carbonyl (C=O) groups is 1. The molecule has 2 N–H and O–H groups in total. The van der Waals surface area contributed by atoms with Gasteiger partial charge in [-0.25, -0.2) is 4.79 Å². The third-order valence-corrected chi connectivity index (χ3v) is 2.08. The van der Waals surface area contributed by atoms with E-state index >= 15 is 0 Å². The van der Waals surface area contributed by atoms with Crippen LogP contribution in [0.4, 0.5) is 10.5 Å². The normalized spacial score (nSPS) is 10.0. The summed E-state index contributed by atoms with van der Waals surface area (Å²) in [4.78, 5) is 11.4. The smallest absolute Gasteiger partial charge is 0.407 e. The second-order valence-electron chi connectivity index (χ2n) is 4.80. The van der Waals surface area contributed by atoms with E-state index < -0.39 is 11.7 Å². The molecule has 19 heavy (non-hydrogen) atoms. The largest absolute Gasteiger partial charge is 0.444 e. The summed E-state index contributed by atoms with van der Waals surface area (Å²) in [6.07, 6.45) is -0.393. The first-order valence-electron chi connectivity index (χ1n) is 6.64. The molecule has 0 fully saturated rings. The zero-order valence-corrected chi connectivity index (χ0v) is 12.8. The molecule has 1 aromatic carbocycles. The van der Waals surface area contributed by atoms with Gasteiger partial charge >= 0.3 is 6.09 Å². The number of anilines is 1. The van der Waals surface area contributed by atoms with Crippen LogP contribution < -0.4 is 10.6 Å². The molecule has 0 bridgehead atoms. The van der Waals surface area contributed by atoms with E-state index in [-0.39, 0.29) is 0 Å². The van der Waals surface area contributed by atoms with Crippen LogP contribution in [0.3, 0.4) is 0 Å². The van der Waals surface area contributed by atoms with Gasteiger partial charge in [-0.2, -0.15) is 0 Å². The first kappa shape index (κ1) is 17.3. The van der Waals surface area contributed by atoms with Gasteiger partial charge in [0.25, 0.3) is 0 Å². The van der Waals surface area contributed by atoms with Crippen LogP contribution in [0.2, 0.25) is 0 Å². The van der Waals surface area contributed by atoms with Crippen molar-refractivity contribution >= 4 is 11.8 Å². The van der Waals surface area contributed by atoms with E-state index in [1.807, 2.05) is 65.9 Å². The van der Waals surface area contributed by atoms with E-state index in [0.29, 0.717) is 6.54 Å². The van der Waals surface area contributed by atoms with Crippen LogP contribution >= 0.6 is 0 Å². The van der Waals surface area contributed by atoms with E-state index in [1.165, 1.54) is 0 Å². The summed E-state index contributed by atoms with van der Waals surface area (Å²) < 4.78 is 5.14. The van der Waals surface area contributed by atoms with Crippen LogP contribution in [0.1, 0.15) is 40.2 Å². The molecule has 0 atom stereocenters. The zero-order chi connectivity index (χ0) is 14.9. The van der Waals surface area contributed by atoms with Crippen molar-refractivity contribution in [1.82, 2.24) is 5.32 Å². The molecule has 4 nitrogen and oxygen atoms in total. The van der Waals surface area contributed by atoms with Gasteiger partial charge in [0.15, 0.2) is 0 Å². The number of hydrogen-bond acceptors (Lipinski definition) is 3. The van der Waals surface area contributed by atoms with Gasteiger partial charge in [0.1, 0.15) is 5.60 Å². The standard InChI is InChI=1S/C13H20N2O2.C2H6/c1-13(2,3)17-12(16)15-9-10-5-7-11(14-4)8-6-10;1-2/h5-8,14H,9H2,1-4H3,(H,15,16);1-2H3. The highest BCUT2D eigenvalue weighted by molar-refractivity contribution is 5.67. The van der Waals surface area contributed by atoms with Crippen LogP contribution in [0.25, 0.3) is 0 Å². The fourth-order valence-corrected chi connectivity index (χ4v) is 1.28. The summed E-state index contributed by atoms with van der Waals surface area (Å²) in [5.41, 5.74) is 1.63. The highest BCUT2D eigenvalue weighted by Gasteiger charge is 2.15. The summed E-state index contributed by atoms with van der Waals surface area (Å²) in [6, 6.07) is 7.85. The predicted octanol–water partition coefficient (Wildman–Crippen LogP) is 3.78. The molecule has 0 aromatic heterocycles. The fraction of sp³-hybridized carbons (Fsp3) is 0.533. The van der Waals surface area contributed by atoms with Crippen molar-refractivity contribution in [3.63, 3.8) is 0 Å². The maximum absolute atomic E-state index is 11.4. The Kier molecular flexibility index (Phi) is 7.65. The summed E-state index contributed by atoms with van der Waals surface area (Å²) >= 11 is 0. The zero-order valence-electron chi connectivity index (χ0n) is 12.8. The molecule has 0 saturated carbocycles. The average Bonchev–Trinajstić information content (AvgIpc) is 2.37. The summed E-state index contributed by atoms with van der Waals surface area (Å²) in [7, 11) is 1.87. The lowest BCUT2D eigenvalue weighted by Crippen LogP contribution is -2.32. The highest BCUT2D eigenvalue weighted by Crippen LogP contribution is 2.09. The van der Waals surface area contributed by atoms with E-state index in [2.05, 4.69) is 10.6 Å². The van der Waals surface area contributed by atoms with Crippen molar-refractivity contribution < 1.29 is 9.53 Å². The van der Waals surface area contributed by atoms with Gasteiger partial charge in [0.05, 0.1) is 0 Å². The minimum absolute atomic E-state index is 0.393. The number of ether oxygens (including phenoxy) is 1. The number of nitrogens with one attached hydrogen (secondary N) is 2. The van der Waals surface area contributed by atoms with Gasteiger partial charge in [-0.05, 0) is 38.5 Å². The molecule has 0 aliphatic rings. The summed E-state index contributed by atoms with van der Waals surface area (Å²) in [5.74, 6) is 0. The molecule has 0 heterocycles. The third kappa shape index (κ3) is 8.08. The number of rotatable bonds is 3. The Hall–Kier alpha value is -1.71. The van der Waals surface area contributed by atoms with Crippen molar-refractivity contribution in [2.24, 2.45) is 0 Å². The van der Waals surface area contributed by atoms with Crippen LogP contribution in [0, 0.1) is 0 Å². The second kappa shape index (κ2) is 8.40. The second-order valence-corrected chi connectivity index (χ2v) is 4.80. The maximum Gasteiger partial charge on any atom is 0.407 e. The number of benzene rings is 1. The Morgan fingerprint density at radius 1 is 1.16 bits per heavy atom. The van der Waals surface area contributed by atoms with Gasteiger partial charge in [-0.3, -0.25) is 0 Å². The molecule has 0 aliphatic heterocycles. The van der Waals surface area contributed by atoms with Crippen LogP contribution in [-0.4, -0.2) is 18.7 Å². The molecular formula is C15H26N2O2. The first-order valence-corrected chi connectivity index (χ1v) is 6.64. The number of hydrogen-bond donors (Lipinski definition) is 2. The van der Waals surface area contributed by atoms with Crippen LogP contribution in [0.5, 0.6) is 0 Å². The topological polar surface area (TPSA) is 50.4 Å². The van der Waals surface area contributed by atoms with Crippen molar-refractivity contribution in [1.29, 1.82) is 0 Å². The minimum Gasteiger partial charge on any atom is -0.444 e. The molecule has 0 spiro atoms. The predicted molar refractivity (Wildman–Crippen MR) is 80.4 cm³/mol. The Morgan fingerprint density at radius 2 is 1.68 bits per heavy atom. The fourth-order valence-electron chi connectivity index (χ4n) is 1.28. The van der Waals surface area contributed by atoms with Crippen LogP contribution in [-0.2, 0) is 11.3 Å². The molecule has 1 rings (SSSR count). The highest BCUT2D eigenvalue weighted by atomic mass is 16.6. The Morgan fingerprint density at radius 3 is 2.11 bits per heavy atom. The summed E-state index contributed by atoms with van der Waals surface area (Å²) in [6.45, 7) is 10.00. The lowest BCUT2D eigenvalue weighted by molar-refractivity contribution is 0.0523. The van der Waals surface area contributed by atoms with Crippen molar-refractivity contribution in [2.45, 2.75) is 46.8 Å². The molecule has 0 saturated heterocycles. The molecule has 4 heteroatoms. The van der Waals surface area contributed by atoms with Crippen molar-refractivity contribution in [3.8, 4) is 0 Å². The van der Waals surface area contributed by atoms with Gasteiger partial charge in [0.2, 0.25) is 0 Å². The lowest BCUT2D eigenvalue weighted by Gasteiger charge is -2.19. The first-order chi connectivity index (χ1) is 8.90. The van der Waals surface area contributed by atoms with Gasteiger partial charge < -0.3 is 15.4 Å². The Labute approximate surface area is 116 Å². The maximum atomic E-state index is 11.4. The molecule has 1 aromatic rings. The molecule has 0 radical (unpaired) electrons. The number of carbonyl (C=O) groups excluding carboxylic acids is 1. The SMILES string of the molecule is CC.CNc1ccc(CNC(=O)OC(C)(C)C)cc1. The quantitative estimate of drug-likeness (QED) is 0.875. The van der Waals surface area contributed by atoms with Crippen LogP contribution in [0.15, 0.2) is 24.3 Å². The molecule has 108 valence electrons. The van der Waals surface area contributed by atoms with E-state index in [1.54, 1.807) is 0 Å². The minimum atomic E-state index is -0.458. The lowest BCUT2D eigenvalue weighted by atomic mass is 10.2. The molecule has 0 aliphatic carbocycles. The van der Waals surface area contributed by atoms with E-state index in [9.17, 15) is 4.79 Å². The van der Waals surface area contributed by atoms with Crippen molar-refractivity contribution in [2.75, 3.05) is 12.4 Å². The third-order valence-electron chi connectivity index (χ3n) is 2.08. The van der Waals surface area contributed by atoms with E-state index in [0.717, 1.165) is 11.3 Å². The molecule has 1 amide bonds. The molecular weight excluding hydrogens is 240 g/mol. The Balaban J connectivity index is 0.00000154.